The summed E-state index contributed by atoms with van der Waals surface area (Å²) in [5, 5.41) is 14.1. The molecule has 1 saturated heterocycles. The summed E-state index contributed by atoms with van der Waals surface area (Å²) < 4.78 is 0. The Bertz CT molecular complexity index is 1850. The molecule has 2 fully saturated rings. The van der Waals surface area contributed by atoms with Crippen molar-refractivity contribution in [2.45, 2.75) is 32.2 Å². The summed E-state index contributed by atoms with van der Waals surface area (Å²) in [6.45, 7) is 2.12. The van der Waals surface area contributed by atoms with Crippen LogP contribution in [0.3, 0.4) is 0 Å². The van der Waals surface area contributed by atoms with E-state index >= 15 is 0 Å². The monoisotopic (exact) mass is 532 g/mol. The smallest absolute Gasteiger partial charge is 0.227 e. The van der Waals surface area contributed by atoms with Gasteiger partial charge >= 0.3 is 0 Å². The van der Waals surface area contributed by atoms with Gasteiger partial charge in [-0.2, -0.15) is 5.10 Å². The van der Waals surface area contributed by atoms with E-state index in [1.54, 1.807) is 23.7 Å². The number of aryl methyl sites for hydroxylation is 1. The third-order valence-electron chi connectivity index (χ3n) is 7.66. The Kier molecular flexibility index (Phi) is 4.87. The number of allylic oxidation sites excluding steroid dienone is 2. The maximum absolute atomic E-state index is 12.4. The first-order valence-electron chi connectivity index (χ1n) is 13.1. The minimum absolute atomic E-state index is 0.0626. The van der Waals surface area contributed by atoms with Crippen molar-refractivity contribution < 1.29 is 4.79 Å². The molecule has 8 rings (SSSR count). The Morgan fingerprint density at radius 1 is 1.08 bits per heavy atom. The number of fused-ring (bicyclic) bond motifs is 4. The number of aromatic amines is 2. The number of thiophene rings is 1. The molecule has 1 saturated carbocycles. The Balaban J connectivity index is 1.16. The molecule has 192 valence electrons. The van der Waals surface area contributed by atoms with E-state index in [9.17, 15) is 4.79 Å². The van der Waals surface area contributed by atoms with E-state index in [-0.39, 0.29) is 17.9 Å². The first-order chi connectivity index (χ1) is 19.1. The van der Waals surface area contributed by atoms with E-state index in [0.717, 1.165) is 58.5 Å². The predicted octanol–water partition coefficient (Wildman–Crippen LogP) is 5.49. The average Bonchev–Trinajstić information content (AvgIpc) is 3.19. The number of nitrogens with one attached hydrogen (secondary N) is 4. The predicted molar refractivity (Wildman–Crippen MR) is 151 cm³/mol. The van der Waals surface area contributed by atoms with Crippen LogP contribution in [0.5, 0.6) is 0 Å². The molecule has 0 bridgehead atoms. The molecule has 10 heteroatoms. The van der Waals surface area contributed by atoms with Crippen LogP contribution in [0.25, 0.3) is 39.4 Å². The molecule has 39 heavy (non-hydrogen) atoms. The molecule has 0 spiro atoms. The molecule has 1 aliphatic heterocycles. The maximum Gasteiger partial charge on any atom is 0.227 e. The molecule has 5 aromatic rings. The lowest BCUT2D eigenvalue weighted by atomic mass is 9.85. The number of H-pyrrole nitrogens is 2. The topological polar surface area (TPSA) is 134 Å². The van der Waals surface area contributed by atoms with E-state index in [2.05, 4.69) is 62.0 Å². The van der Waals surface area contributed by atoms with Gasteiger partial charge < -0.3 is 15.6 Å². The lowest BCUT2D eigenvalue weighted by Crippen LogP contribution is -2.28. The standard InChI is InChI=1S/C29H24N8OS/c1-14-5-10-22(39-14)18-6-7-20-24(33-20)26-23(18)34-28(35-26)27-25-21(36-37-27)9-8-19(32-25)16-11-17(13-30-12-16)31-29(38)15-3-2-4-15/h5-13,15,24,33H,2-4H2,1H3,(H,31,38)(H,34,35)(H,36,37). The SMILES string of the molecule is Cc1ccc(C2=CC=C3NC3c3[nH]c(-c4n[nH]c5ccc(-c6cncc(NC(=O)C7CCC7)c6)nc45)nc32)s1. The summed E-state index contributed by atoms with van der Waals surface area (Å²) in [5.41, 5.74) is 8.70. The second-order valence-corrected chi connectivity index (χ2v) is 11.6. The van der Waals surface area contributed by atoms with Crippen molar-refractivity contribution in [3.8, 4) is 22.8 Å². The Morgan fingerprint density at radius 2 is 2.00 bits per heavy atom. The lowest BCUT2D eigenvalue weighted by molar-refractivity contribution is -0.122. The molecular weight excluding hydrogens is 508 g/mol. The fourth-order valence-electron chi connectivity index (χ4n) is 5.23. The number of anilines is 1. The van der Waals surface area contributed by atoms with Crippen molar-refractivity contribution in [2.75, 3.05) is 5.32 Å². The van der Waals surface area contributed by atoms with Crippen molar-refractivity contribution in [1.82, 2.24) is 35.5 Å². The second-order valence-electron chi connectivity index (χ2n) is 10.3. The van der Waals surface area contributed by atoms with Crippen molar-refractivity contribution in [2.24, 2.45) is 5.92 Å². The first-order valence-corrected chi connectivity index (χ1v) is 13.9. The Morgan fingerprint density at radius 3 is 2.82 bits per heavy atom. The fourth-order valence-corrected chi connectivity index (χ4v) is 6.12. The van der Waals surface area contributed by atoms with Crippen LogP contribution in [-0.2, 0) is 4.79 Å². The molecule has 1 atom stereocenters. The minimum atomic E-state index is 0.0626. The number of amides is 1. The van der Waals surface area contributed by atoms with Gasteiger partial charge in [0.15, 0.2) is 11.5 Å². The van der Waals surface area contributed by atoms with Gasteiger partial charge in [0.25, 0.3) is 0 Å². The fraction of sp³-hybridized carbons (Fsp3) is 0.207. The number of hydrogen-bond donors (Lipinski definition) is 4. The zero-order chi connectivity index (χ0) is 26.1. The average molecular weight is 533 g/mol. The van der Waals surface area contributed by atoms with Gasteiger partial charge in [0.2, 0.25) is 5.91 Å². The van der Waals surface area contributed by atoms with Crippen LogP contribution in [0.2, 0.25) is 0 Å². The number of carbonyl (C=O) groups excluding carboxylic acids is 1. The van der Waals surface area contributed by atoms with Gasteiger partial charge in [0, 0.05) is 38.7 Å². The first kappa shape index (κ1) is 22.4. The third-order valence-corrected chi connectivity index (χ3v) is 8.69. The number of carbonyl (C=O) groups is 1. The van der Waals surface area contributed by atoms with Crippen molar-refractivity contribution in [1.29, 1.82) is 0 Å². The number of imidazole rings is 1. The summed E-state index contributed by atoms with van der Waals surface area (Å²) in [6, 6.07) is 10.2. The van der Waals surface area contributed by atoms with Crippen LogP contribution in [-0.4, -0.2) is 36.0 Å². The number of hydrogen-bond acceptors (Lipinski definition) is 7. The summed E-state index contributed by atoms with van der Waals surface area (Å²) >= 11 is 1.76. The van der Waals surface area contributed by atoms with Gasteiger partial charge in [-0.05, 0) is 62.2 Å². The number of aromatic nitrogens is 6. The second kappa shape index (κ2) is 8.47. The molecule has 6 heterocycles. The van der Waals surface area contributed by atoms with Crippen LogP contribution in [0.15, 0.2) is 60.6 Å². The molecule has 1 unspecified atom stereocenters. The summed E-state index contributed by atoms with van der Waals surface area (Å²) in [4.78, 5) is 32.8. The summed E-state index contributed by atoms with van der Waals surface area (Å²) in [5.74, 6) is 0.842. The highest BCUT2D eigenvalue weighted by atomic mass is 32.1. The van der Waals surface area contributed by atoms with Crippen LogP contribution in [0.4, 0.5) is 5.69 Å². The number of nitrogens with zero attached hydrogens (tertiary/aromatic N) is 4. The van der Waals surface area contributed by atoms with Gasteiger partial charge in [-0.15, -0.1) is 11.3 Å². The van der Waals surface area contributed by atoms with Crippen LogP contribution < -0.4 is 10.6 Å². The normalized spacial score (nSPS) is 17.8. The molecule has 9 nitrogen and oxygen atoms in total. The summed E-state index contributed by atoms with van der Waals surface area (Å²) in [6.07, 6.45) is 10.7. The largest absolute Gasteiger partial charge is 0.373 e. The third kappa shape index (κ3) is 3.78. The Hall–Kier alpha value is -4.57. The zero-order valence-corrected chi connectivity index (χ0v) is 21.9. The van der Waals surface area contributed by atoms with Gasteiger partial charge in [-0.1, -0.05) is 6.42 Å². The summed E-state index contributed by atoms with van der Waals surface area (Å²) in [7, 11) is 0. The molecule has 2 aliphatic carbocycles. The zero-order valence-electron chi connectivity index (χ0n) is 21.1. The number of rotatable bonds is 5. The van der Waals surface area contributed by atoms with Gasteiger partial charge in [-0.25, -0.2) is 9.97 Å². The molecule has 0 radical (unpaired) electrons. The van der Waals surface area contributed by atoms with Crippen LogP contribution >= 0.6 is 11.3 Å². The van der Waals surface area contributed by atoms with E-state index in [0.29, 0.717) is 17.2 Å². The highest BCUT2D eigenvalue weighted by molar-refractivity contribution is 7.13. The lowest BCUT2D eigenvalue weighted by Gasteiger charge is -2.24. The van der Waals surface area contributed by atoms with E-state index in [4.69, 9.17) is 9.97 Å². The molecule has 0 aromatic carbocycles. The van der Waals surface area contributed by atoms with Crippen LogP contribution in [0.1, 0.15) is 46.4 Å². The van der Waals surface area contributed by atoms with Gasteiger partial charge in [-0.3, -0.25) is 14.9 Å². The van der Waals surface area contributed by atoms with Crippen molar-refractivity contribution >= 4 is 39.5 Å². The number of pyridine rings is 2. The Labute approximate surface area is 227 Å². The van der Waals surface area contributed by atoms with Gasteiger partial charge in [0.1, 0.15) is 11.6 Å². The van der Waals surface area contributed by atoms with E-state index in [1.165, 1.54) is 15.5 Å². The van der Waals surface area contributed by atoms with Gasteiger partial charge in [0.05, 0.1) is 34.5 Å². The molecular formula is C29H24N8OS. The minimum Gasteiger partial charge on any atom is -0.373 e. The molecule has 3 aliphatic rings. The van der Waals surface area contributed by atoms with Crippen molar-refractivity contribution in [3.63, 3.8) is 0 Å². The van der Waals surface area contributed by atoms with E-state index in [1.807, 2.05) is 18.2 Å². The molecule has 5 aromatic heterocycles. The highest BCUT2D eigenvalue weighted by Crippen LogP contribution is 2.43. The molecule has 4 N–H and O–H groups in total. The van der Waals surface area contributed by atoms with Crippen LogP contribution in [0, 0.1) is 12.8 Å². The van der Waals surface area contributed by atoms with E-state index < -0.39 is 0 Å². The quantitative estimate of drug-likeness (QED) is 0.221. The molecule has 1 amide bonds. The van der Waals surface area contributed by atoms with Crippen molar-refractivity contribution in [3.05, 3.63) is 81.7 Å². The maximum atomic E-state index is 12.4. The highest BCUT2D eigenvalue weighted by Gasteiger charge is 2.37.